The first kappa shape index (κ1) is 27.5. The van der Waals surface area contributed by atoms with Crippen molar-refractivity contribution < 1.29 is 19.5 Å². The highest BCUT2D eigenvalue weighted by Gasteiger charge is 2.19. The van der Waals surface area contributed by atoms with Crippen LogP contribution in [0.5, 0.6) is 0 Å². The summed E-state index contributed by atoms with van der Waals surface area (Å²) in [5.74, 6) is -0.574. The Balaban J connectivity index is 1.03. The van der Waals surface area contributed by atoms with Gasteiger partial charge < -0.3 is 25.6 Å². The van der Waals surface area contributed by atoms with Crippen molar-refractivity contribution in [3.8, 4) is 0 Å². The number of H-pyrrole nitrogens is 1. The number of rotatable bonds is 7. The molecular weight excluding hydrogens is 528 g/mol. The molecule has 2 aliphatic rings. The molecule has 1 aromatic heterocycles. The molecule has 0 atom stereocenters. The Labute approximate surface area is 244 Å². The van der Waals surface area contributed by atoms with E-state index < -0.39 is 0 Å². The third-order valence-corrected chi connectivity index (χ3v) is 8.13. The van der Waals surface area contributed by atoms with E-state index in [0.29, 0.717) is 33.8 Å². The number of nitrogens with one attached hydrogen (secondary N) is 3. The van der Waals surface area contributed by atoms with Gasteiger partial charge in [-0.3, -0.25) is 14.4 Å². The number of hydrogen-bond donors (Lipinski definition) is 4. The third-order valence-electron chi connectivity index (χ3n) is 8.13. The molecule has 3 aromatic carbocycles. The fourth-order valence-corrected chi connectivity index (χ4v) is 5.65. The predicted molar refractivity (Wildman–Crippen MR) is 164 cm³/mol. The summed E-state index contributed by atoms with van der Waals surface area (Å²) in [7, 11) is 0. The van der Waals surface area contributed by atoms with E-state index in [0.717, 1.165) is 63.0 Å². The maximum atomic E-state index is 13.1. The van der Waals surface area contributed by atoms with E-state index in [9.17, 15) is 19.5 Å². The first-order valence-electron chi connectivity index (χ1n) is 14.5. The maximum absolute atomic E-state index is 13.1. The summed E-state index contributed by atoms with van der Waals surface area (Å²) in [5.41, 5.74) is 6.73. The monoisotopic (exact) mass is 562 g/mol. The highest BCUT2D eigenvalue weighted by molar-refractivity contribution is 6.10. The Hall–Kier alpha value is -4.69. The highest BCUT2D eigenvalue weighted by atomic mass is 16.3. The van der Waals surface area contributed by atoms with E-state index >= 15 is 0 Å². The standard InChI is InChI=1S/C34H34N4O4/c39-29-17-19-38(20-18-29)28-15-9-24(10-16-28)33(41)35-26-11-5-22(6-12-26)32(40)23-7-13-27(14-8-23)36-34(42)31-21-25-3-1-2-4-30(25)37-31/h5-16,21,29,37,39H,1-4,17-20H2,(H,35,41)(H,36,42). The van der Waals surface area contributed by atoms with Gasteiger partial charge in [-0.25, -0.2) is 0 Å². The van der Waals surface area contributed by atoms with E-state index in [1.807, 2.05) is 18.2 Å². The number of aryl methyl sites for hydroxylation is 2. The molecule has 1 fully saturated rings. The number of fused-ring (bicyclic) bond motifs is 1. The number of aliphatic hydroxyl groups is 1. The summed E-state index contributed by atoms with van der Waals surface area (Å²) in [5, 5.41) is 15.5. The molecule has 4 N–H and O–H groups in total. The van der Waals surface area contributed by atoms with Gasteiger partial charge in [-0.05, 0) is 123 Å². The lowest BCUT2D eigenvalue weighted by Crippen LogP contribution is -2.35. The molecule has 8 heteroatoms. The minimum atomic E-state index is -0.230. The second-order valence-corrected chi connectivity index (χ2v) is 11.1. The number of aromatic amines is 1. The van der Waals surface area contributed by atoms with Gasteiger partial charge in [0.05, 0.1) is 6.10 Å². The molecule has 0 unspecified atom stereocenters. The fourth-order valence-electron chi connectivity index (χ4n) is 5.65. The minimum absolute atomic E-state index is 0.149. The van der Waals surface area contributed by atoms with Crippen LogP contribution in [0.25, 0.3) is 0 Å². The van der Waals surface area contributed by atoms with Gasteiger partial charge in [0.1, 0.15) is 5.69 Å². The molecule has 2 amide bonds. The van der Waals surface area contributed by atoms with Crippen LogP contribution in [0, 0.1) is 0 Å². The summed E-state index contributed by atoms with van der Waals surface area (Å²) in [6, 6.07) is 23.0. The van der Waals surface area contributed by atoms with E-state index in [-0.39, 0.29) is 23.7 Å². The average molecular weight is 563 g/mol. The number of piperidine rings is 1. The van der Waals surface area contributed by atoms with Crippen LogP contribution in [0.2, 0.25) is 0 Å². The molecule has 0 radical (unpaired) electrons. The van der Waals surface area contributed by atoms with Gasteiger partial charge in [0.25, 0.3) is 11.8 Å². The highest BCUT2D eigenvalue weighted by Crippen LogP contribution is 2.24. The molecule has 214 valence electrons. The van der Waals surface area contributed by atoms with Crippen molar-refractivity contribution in [3.63, 3.8) is 0 Å². The quantitative estimate of drug-likeness (QED) is 0.219. The van der Waals surface area contributed by atoms with Gasteiger partial charge in [-0.15, -0.1) is 0 Å². The number of nitrogens with zero attached hydrogens (tertiary/aromatic N) is 1. The van der Waals surface area contributed by atoms with Crippen LogP contribution in [0.4, 0.5) is 17.1 Å². The largest absolute Gasteiger partial charge is 0.393 e. The lowest BCUT2D eigenvalue weighted by molar-refractivity contribution is 0.101. The second-order valence-electron chi connectivity index (χ2n) is 11.1. The summed E-state index contributed by atoms with van der Waals surface area (Å²) in [6.45, 7) is 1.60. The summed E-state index contributed by atoms with van der Waals surface area (Å²) < 4.78 is 0. The van der Waals surface area contributed by atoms with Crippen molar-refractivity contribution in [2.24, 2.45) is 0 Å². The Morgan fingerprint density at radius 1 is 0.714 bits per heavy atom. The van der Waals surface area contributed by atoms with Gasteiger partial charge in [0, 0.05) is 52.5 Å². The second kappa shape index (κ2) is 12.0. The molecule has 0 spiro atoms. The number of hydrogen-bond acceptors (Lipinski definition) is 5. The number of anilines is 3. The zero-order chi connectivity index (χ0) is 29.1. The van der Waals surface area contributed by atoms with Crippen LogP contribution in [-0.2, 0) is 12.8 Å². The average Bonchev–Trinajstić information content (AvgIpc) is 3.47. The zero-order valence-corrected chi connectivity index (χ0v) is 23.4. The fraction of sp³-hybridized carbons (Fsp3) is 0.265. The number of aliphatic hydroxyl groups excluding tert-OH is 1. The normalized spacial score (nSPS) is 15.1. The van der Waals surface area contributed by atoms with Gasteiger partial charge in [0.2, 0.25) is 0 Å². The summed E-state index contributed by atoms with van der Waals surface area (Å²) >= 11 is 0. The predicted octanol–water partition coefficient (Wildman–Crippen LogP) is 5.59. The molecule has 0 bridgehead atoms. The van der Waals surface area contributed by atoms with Crippen LogP contribution in [0.15, 0.2) is 78.9 Å². The molecule has 1 saturated heterocycles. The first-order valence-corrected chi connectivity index (χ1v) is 14.5. The molecule has 1 aliphatic carbocycles. The summed E-state index contributed by atoms with van der Waals surface area (Å²) in [4.78, 5) is 44.0. The van der Waals surface area contributed by atoms with Crippen LogP contribution < -0.4 is 15.5 Å². The lowest BCUT2D eigenvalue weighted by Gasteiger charge is -2.31. The van der Waals surface area contributed by atoms with Gasteiger partial charge in [-0.1, -0.05) is 0 Å². The molecular formula is C34H34N4O4. The number of carbonyl (C=O) groups is 3. The SMILES string of the molecule is O=C(Nc1ccc(C(=O)c2ccc(NC(=O)c3cc4c([nH]3)CCCC4)cc2)cc1)c1ccc(N2CCC(O)CC2)cc1. The molecule has 2 heterocycles. The smallest absolute Gasteiger partial charge is 0.272 e. The number of carbonyl (C=O) groups excluding carboxylic acids is 3. The van der Waals surface area contributed by atoms with Crippen LogP contribution in [-0.4, -0.2) is 46.9 Å². The first-order chi connectivity index (χ1) is 20.4. The van der Waals surface area contributed by atoms with Crippen molar-refractivity contribution in [3.05, 3.63) is 113 Å². The van der Waals surface area contributed by atoms with Gasteiger partial charge in [0.15, 0.2) is 5.78 Å². The van der Waals surface area contributed by atoms with Crippen molar-refractivity contribution in [1.82, 2.24) is 4.98 Å². The van der Waals surface area contributed by atoms with E-state index in [1.165, 1.54) is 5.56 Å². The Bertz CT molecular complexity index is 1560. The third kappa shape index (κ3) is 6.14. The molecule has 6 rings (SSSR count). The van der Waals surface area contributed by atoms with Crippen molar-refractivity contribution in [2.45, 2.75) is 44.6 Å². The molecule has 1 aliphatic heterocycles. The Kier molecular flexibility index (Phi) is 7.88. The van der Waals surface area contributed by atoms with Crippen LogP contribution in [0.3, 0.4) is 0 Å². The molecule has 42 heavy (non-hydrogen) atoms. The van der Waals surface area contributed by atoms with Crippen molar-refractivity contribution in [1.29, 1.82) is 0 Å². The zero-order valence-electron chi connectivity index (χ0n) is 23.4. The number of amides is 2. The number of aromatic nitrogens is 1. The molecule has 4 aromatic rings. The lowest BCUT2D eigenvalue weighted by atomic mass is 9.98. The molecule has 0 saturated carbocycles. The number of ketones is 1. The van der Waals surface area contributed by atoms with E-state index in [2.05, 4.69) is 20.5 Å². The van der Waals surface area contributed by atoms with E-state index in [4.69, 9.17) is 0 Å². The summed E-state index contributed by atoms with van der Waals surface area (Å²) in [6.07, 6.45) is 5.55. The molecule has 8 nitrogen and oxygen atoms in total. The van der Waals surface area contributed by atoms with Crippen molar-refractivity contribution >= 4 is 34.7 Å². The van der Waals surface area contributed by atoms with E-state index in [1.54, 1.807) is 60.7 Å². The van der Waals surface area contributed by atoms with Crippen LogP contribution in [0.1, 0.15) is 73.7 Å². The van der Waals surface area contributed by atoms with Crippen molar-refractivity contribution in [2.75, 3.05) is 28.6 Å². The minimum Gasteiger partial charge on any atom is -0.393 e. The van der Waals surface area contributed by atoms with Gasteiger partial charge >= 0.3 is 0 Å². The topological polar surface area (TPSA) is 115 Å². The number of benzene rings is 3. The Morgan fingerprint density at radius 2 is 1.26 bits per heavy atom. The maximum Gasteiger partial charge on any atom is 0.272 e. The van der Waals surface area contributed by atoms with Gasteiger partial charge in [-0.2, -0.15) is 0 Å². The van der Waals surface area contributed by atoms with Crippen LogP contribution >= 0.6 is 0 Å². The Morgan fingerprint density at radius 3 is 1.86 bits per heavy atom.